The van der Waals surface area contributed by atoms with E-state index in [0.717, 1.165) is 29.1 Å². The van der Waals surface area contributed by atoms with Gasteiger partial charge >= 0.3 is 0 Å². The quantitative estimate of drug-likeness (QED) is 0.881. The van der Waals surface area contributed by atoms with Gasteiger partial charge in [-0.2, -0.15) is 5.10 Å². The highest BCUT2D eigenvalue weighted by Gasteiger charge is 2.28. The number of aromatic amines is 1. The molecule has 0 fully saturated rings. The molecule has 1 aliphatic rings. The molecule has 3 rings (SSSR count). The molecule has 0 bridgehead atoms. The number of rotatable bonds is 3. The average molecular weight is 316 g/mol. The van der Waals surface area contributed by atoms with E-state index >= 15 is 0 Å². The lowest BCUT2D eigenvalue weighted by Crippen LogP contribution is -2.24. The summed E-state index contributed by atoms with van der Waals surface area (Å²) in [7, 11) is 0. The number of ketones is 1. The average Bonchev–Trinajstić information content (AvgIpc) is 2.85. The lowest BCUT2D eigenvalue weighted by Gasteiger charge is -2.29. The zero-order chi connectivity index (χ0) is 15.7. The van der Waals surface area contributed by atoms with Gasteiger partial charge in [0.2, 0.25) is 0 Å². The molecule has 0 saturated heterocycles. The van der Waals surface area contributed by atoms with E-state index in [0.29, 0.717) is 11.4 Å². The van der Waals surface area contributed by atoms with Gasteiger partial charge in [0.05, 0.1) is 6.20 Å². The van der Waals surface area contributed by atoms with Crippen LogP contribution >= 0.6 is 11.6 Å². The van der Waals surface area contributed by atoms with Gasteiger partial charge in [-0.05, 0) is 29.5 Å². The largest absolute Gasteiger partial charge is 0.344 e. The maximum atomic E-state index is 11.9. The van der Waals surface area contributed by atoms with E-state index in [4.69, 9.17) is 11.6 Å². The smallest absolute Gasteiger partial charge is 0.157 e. The number of halogens is 1. The number of H-pyrrole nitrogens is 1. The third kappa shape index (κ3) is 3.22. The van der Waals surface area contributed by atoms with Gasteiger partial charge in [0, 0.05) is 28.8 Å². The number of nitrogens with one attached hydrogen (secondary N) is 2. The summed E-state index contributed by atoms with van der Waals surface area (Å²) in [6.07, 6.45) is 4.88. The van der Waals surface area contributed by atoms with Crippen molar-refractivity contribution >= 4 is 23.2 Å². The molecule has 1 aliphatic carbocycles. The number of allylic oxidation sites excluding steroid dienone is 2. The van der Waals surface area contributed by atoms with Gasteiger partial charge < -0.3 is 5.32 Å². The minimum Gasteiger partial charge on any atom is -0.344 e. The molecule has 0 atom stereocenters. The second-order valence-electron chi connectivity index (χ2n) is 6.44. The summed E-state index contributed by atoms with van der Waals surface area (Å²) in [6, 6.07) is 7.59. The molecule has 0 radical (unpaired) electrons. The van der Waals surface area contributed by atoms with Crippen LogP contribution in [-0.2, 0) is 4.79 Å². The van der Waals surface area contributed by atoms with Crippen molar-refractivity contribution < 1.29 is 4.79 Å². The van der Waals surface area contributed by atoms with E-state index < -0.39 is 0 Å². The van der Waals surface area contributed by atoms with Gasteiger partial charge in [0.1, 0.15) is 5.82 Å². The predicted octanol–water partition coefficient (Wildman–Crippen LogP) is 4.42. The Morgan fingerprint density at radius 1 is 1.23 bits per heavy atom. The molecular weight excluding hydrogens is 298 g/mol. The van der Waals surface area contributed by atoms with Crippen LogP contribution in [0.1, 0.15) is 26.7 Å². The highest BCUT2D eigenvalue weighted by molar-refractivity contribution is 6.30. The fourth-order valence-electron chi connectivity index (χ4n) is 2.82. The highest BCUT2D eigenvalue weighted by atomic mass is 35.5. The van der Waals surface area contributed by atoms with E-state index in [-0.39, 0.29) is 11.2 Å². The number of hydrogen-bond donors (Lipinski definition) is 2. The van der Waals surface area contributed by atoms with E-state index in [1.54, 1.807) is 12.3 Å². The van der Waals surface area contributed by atoms with E-state index in [1.807, 2.05) is 24.3 Å². The first-order valence-electron chi connectivity index (χ1n) is 7.23. The lowest BCUT2D eigenvalue weighted by molar-refractivity contribution is -0.117. The van der Waals surface area contributed by atoms with Crippen LogP contribution < -0.4 is 5.32 Å². The van der Waals surface area contributed by atoms with Crippen LogP contribution in [0.3, 0.4) is 0 Å². The monoisotopic (exact) mass is 315 g/mol. The number of aromatic nitrogens is 2. The van der Waals surface area contributed by atoms with Crippen LogP contribution in [0.4, 0.5) is 5.82 Å². The topological polar surface area (TPSA) is 57.8 Å². The van der Waals surface area contributed by atoms with Gasteiger partial charge in [-0.1, -0.05) is 37.6 Å². The Morgan fingerprint density at radius 2 is 1.95 bits per heavy atom. The highest BCUT2D eigenvalue weighted by Crippen LogP contribution is 2.35. The third-order valence-corrected chi connectivity index (χ3v) is 3.99. The Labute approximate surface area is 134 Å². The van der Waals surface area contributed by atoms with Crippen LogP contribution in [0.25, 0.3) is 11.1 Å². The summed E-state index contributed by atoms with van der Waals surface area (Å²) < 4.78 is 0. The van der Waals surface area contributed by atoms with Crippen molar-refractivity contribution in [3.8, 4) is 11.1 Å². The molecule has 0 amide bonds. The molecule has 0 aliphatic heterocycles. The predicted molar refractivity (Wildman–Crippen MR) is 88.8 cm³/mol. The molecule has 22 heavy (non-hydrogen) atoms. The molecule has 2 aromatic rings. The van der Waals surface area contributed by atoms with E-state index in [9.17, 15) is 4.79 Å². The number of carbonyl (C=O) groups is 1. The summed E-state index contributed by atoms with van der Waals surface area (Å²) in [4.78, 5) is 11.9. The van der Waals surface area contributed by atoms with Crippen molar-refractivity contribution in [1.29, 1.82) is 0 Å². The van der Waals surface area contributed by atoms with Gasteiger partial charge in [0.15, 0.2) is 5.78 Å². The maximum absolute atomic E-state index is 11.9. The van der Waals surface area contributed by atoms with Gasteiger partial charge in [-0.3, -0.25) is 9.89 Å². The molecule has 0 spiro atoms. The summed E-state index contributed by atoms with van der Waals surface area (Å²) in [5.41, 5.74) is 2.87. The Morgan fingerprint density at radius 3 is 2.64 bits per heavy atom. The number of hydrogen-bond acceptors (Lipinski definition) is 3. The molecule has 1 aromatic heterocycles. The Bertz CT molecular complexity index is 729. The third-order valence-electron chi connectivity index (χ3n) is 3.74. The minimum atomic E-state index is -0.0192. The van der Waals surface area contributed by atoms with Crippen molar-refractivity contribution in [3.05, 3.63) is 47.3 Å². The first-order valence-corrected chi connectivity index (χ1v) is 7.60. The molecule has 4 nitrogen and oxygen atoms in total. The minimum absolute atomic E-state index is 0.0192. The molecule has 0 saturated carbocycles. The summed E-state index contributed by atoms with van der Waals surface area (Å²) in [5, 5.41) is 11.1. The fourth-order valence-corrected chi connectivity index (χ4v) is 2.94. The second-order valence-corrected chi connectivity index (χ2v) is 6.88. The van der Waals surface area contributed by atoms with Gasteiger partial charge in [0.25, 0.3) is 0 Å². The van der Waals surface area contributed by atoms with E-state index in [2.05, 4.69) is 29.4 Å². The maximum Gasteiger partial charge on any atom is 0.157 e. The fraction of sp³-hybridized carbons (Fsp3) is 0.294. The lowest BCUT2D eigenvalue weighted by atomic mass is 9.79. The Hall–Kier alpha value is -2.07. The summed E-state index contributed by atoms with van der Waals surface area (Å²) in [6.45, 7) is 4.21. The molecule has 114 valence electrons. The van der Waals surface area contributed by atoms with Crippen molar-refractivity contribution in [3.63, 3.8) is 0 Å². The molecule has 2 N–H and O–H groups in total. The van der Waals surface area contributed by atoms with Gasteiger partial charge in [-0.15, -0.1) is 0 Å². The van der Waals surface area contributed by atoms with Crippen LogP contribution in [-0.4, -0.2) is 16.0 Å². The van der Waals surface area contributed by atoms with Crippen LogP contribution in [0, 0.1) is 5.41 Å². The van der Waals surface area contributed by atoms with Crippen LogP contribution in [0.2, 0.25) is 5.02 Å². The number of benzene rings is 1. The van der Waals surface area contributed by atoms with E-state index in [1.165, 1.54) is 0 Å². The first-order chi connectivity index (χ1) is 10.4. The van der Waals surface area contributed by atoms with Crippen molar-refractivity contribution in [1.82, 2.24) is 10.2 Å². The molecular formula is C17H18ClN3O. The Balaban J connectivity index is 1.87. The number of nitrogens with zero attached hydrogens (tertiary/aromatic N) is 1. The zero-order valence-electron chi connectivity index (χ0n) is 12.6. The van der Waals surface area contributed by atoms with Crippen LogP contribution in [0.5, 0.6) is 0 Å². The van der Waals surface area contributed by atoms with Crippen LogP contribution in [0.15, 0.2) is 42.2 Å². The standard InChI is InChI=1S/C17H18ClN3O/c1-17(2)8-13(7-14(22)9-17)20-16-15(10-19-21-16)11-3-5-12(18)6-4-11/h3-7,10H,8-9H2,1-2H3,(H2,19,20,21). The normalized spacial score (nSPS) is 17.2. The SMILES string of the molecule is CC1(C)CC(=O)C=C(Nc2[nH]ncc2-c2ccc(Cl)cc2)C1. The van der Waals surface area contributed by atoms with Crippen molar-refractivity contribution in [2.24, 2.45) is 5.41 Å². The zero-order valence-corrected chi connectivity index (χ0v) is 13.4. The second kappa shape index (κ2) is 5.61. The first kappa shape index (κ1) is 14.9. The van der Waals surface area contributed by atoms with Crippen molar-refractivity contribution in [2.45, 2.75) is 26.7 Å². The summed E-state index contributed by atoms with van der Waals surface area (Å²) >= 11 is 5.93. The number of carbonyl (C=O) groups excluding carboxylic acids is 1. The molecule has 5 heteroatoms. The van der Waals surface area contributed by atoms with Crippen molar-refractivity contribution in [2.75, 3.05) is 5.32 Å². The molecule has 0 unspecified atom stereocenters. The molecule has 1 heterocycles. The Kier molecular flexibility index (Phi) is 3.79. The number of anilines is 1. The van der Waals surface area contributed by atoms with Gasteiger partial charge in [-0.25, -0.2) is 0 Å². The molecule has 1 aromatic carbocycles. The summed E-state index contributed by atoms with van der Waals surface area (Å²) in [5.74, 6) is 0.949.